The molecule has 1 aromatic heterocycles. The predicted octanol–water partition coefficient (Wildman–Crippen LogP) is 1.62. The molecule has 0 aliphatic carbocycles. The summed E-state index contributed by atoms with van der Waals surface area (Å²) in [5.74, 6) is 5.56. The van der Waals surface area contributed by atoms with E-state index in [0.717, 1.165) is 0 Å². The molecule has 1 heterocycles. The molecule has 0 amide bonds. The first-order valence-corrected chi connectivity index (χ1v) is 5.23. The van der Waals surface area contributed by atoms with Gasteiger partial charge in [0.15, 0.2) is 6.29 Å². The number of hydrogen-bond donors (Lipinski definition) is 3. The molecule has 0 fully saturated rings. The molecule has 0 saturated carbocycles. The number of nitrogens with zero attached hydrogens (tertiary/aromatic N) is 2. The minimum atomic E-state index is 0.0347. The molecule has 0 aliphatic rings. The van der Waals surface area contributed by atoms with Crippen LogP contribution in [0.5, 0.6) is 5.75 Å². The zero-order valence-corrected chi connectivity index (χ0v) is 10.0. The van der Waals surface area contributed by atoms with Crippen molar-refractivity contribution in [1.29, 1.82) is 0 Å². The van der Waals surface area contributed by atoms with E-state index >= 15 is 0 Å². The molecular weight excluding hydrogens is 256 g/mol. The lowest BCUT2D eigenvalue weighted by atomic mass is 10.2. The van der Waals surface area contributed by atoms with Gasteiger partial charge in [-0.2, -0.15) is 4.98 Å². The Kier molecular flexibility index (Phi) is 5.56. The van der Waals surface area contributed by atoms with E-state index < -0.39 is 0 Å². The maximum absolute atomic E-state index is 10.1. The Hall–Kier alpha value is -2.18. The highest BCUT2D eigenvalue weighted by atomic mass is 35.5. The first-order chi connectivity index (χ1) is 8.67. The summed E-state index contributed by atoms with van der Waals surface area (Å²) < 4.78 is 0. The summed E-state index contributed by atoms with van der Waals surface area (Å²) in [5.41, 5.74) is 2.66. The van der Waals surface area contributed by atoms with Gasteiger partial charge >= 0.3 is 0 Å². The quantitative estimate of drug-likeness (QED) is 0.330. The Morgan fingerprint density at radius 2 is 2.06 bits per heavy atom. The van der Waals surface area contributed by atoms with Gasteiger partial charge in [0, 0.05) is 12.3 Å². The molecule has 0 atom stereocenters. The number of aromatic nitrogens is 2. The molecule has 0 spiro atoms. The van der Waals surface area contributed by atoms with Crippen LogP contribution >= 0.6 is 11.6 Å². The van der Waals surface area contributed by atoms with Crippen molar-refractivity contribution in [3.8, 4) is 5.75 Å². The van der Waals surface area contributed by atoms with Crippen LogP contribution in [0.4, 0.5) is 5.82 Å². The second-order valence-electron chi connectivity index (χ2n) is 3.03. The minimum Gasteiger partial charge on any atom is -0.507 e. The number of halogens is 1. The molecule has 18 heavy (non-hydrogen) atoms. The van der Waals surface area contributed by atoms with E-state index in [1.165, 1.54) is 12.3 Å². The van der Waals surface area contributed by atoms with Crippen LogP contribution in [-0.2, 0) is 0 Å². The van der Waals surface area contributed by atoms with Gasteiger partial charge in [0.05, 0.1) is 5.56 Å². The summed E-state index contributed by atoms with van der Waals surface area (Å²) in [7, 11) is 0. The maximum atomic E-state index is 10.1. The summed E-state index contributed by atoms with van der Waals surface area (Å²) in [6, 6.07) is 8.02. The van der Waals surface area contributed by atoms with Crippen LogP contribution in [-0.4, -0.2) is 21.4 Å². The summed E-state index contributed by atoms with van der Waals surface area (Å²) in [6.07, 6.45) is 2.14. The summed E-state index contributed by atoms with van der Waals surface area (Å²) in [6.45, 7) is 0. The number of hydrazine groups is 1. The Bertz CT molecular complexity index is 522. The third-order valence-corrected chi connectivity index (χ3v) is 2.02. The second-order valence-corrected chi connectivity index (χ2v) is 3.37. The molecule has 6 nitrogen and oxygen atoms in total. The Morgan fingerprint density at radius 3 is 2.50 bits per heavy atom. The molecule has 0 unspecified atom stereocenters. The smallest absolute Gasteiger partial charge is 0.224 e. The number of para-hydroxylation sites is 1. The number of nitrogens with one attached hydrogen (secondary N) is 1. The zero-order valence-electron chi connectivity index (χ0n) is 9.25. The summed E-state index contributed by atoms with van der Waals surface area (Å²) >= 11 is 5.41. The van der Waals surface area contributed by atoms with Gasteiger partial charge in [-0.05, 0) is 23.7 Å². The number of carbonyl (C=O) groups excluding carboxylic acids is 1. The fourth-order valence-electron chi connectivity index (χ4n) is 1.00. The average molecular weight is 267 g/mol. The van der Waals surface area contributed by atoms with Gasteiger partial charge in [-0.1, -0.05) is 12.1 Å². The van der Waals surface area contributed by atoms with E-state index in [0.29, 0.717) is 17.7 Å². The maximum Gasteiger partial charge on any atom is 0.224 e. The van der Waals surface area contributed by atoms with Gasteiger partial charge < -0.3 is 10.5 Å². The summed E-state index contributed by atoms with van der Waals surface area (Å²) in [5, 5.41) is 9.06. The normalized spacial score (nSPS) is 9.00. The van der Waals surface area contributed by atoms with Crippen LogP contribution in [0.25, 0.3) is 0 Å². The van der Waals surface area contributed by atoms with Crippen LogP contribution < -0.4 is 11.3 Å². The van der Waals surface area contributed by atoms with Gasteiger partial charge in [-0.3, -0.25) is 4.79 Å². The van der Waals surface area contributed by atoms with Crippen LogP contribution in [0.2, 0.25) is 5.28 Å². The molecule has 0 aliphatic heterocycles. The molecular formula is C11H11ClN4O2. The van der Waals surface area contributed by atoms with E-state index in [9.17, 15) is 4.79 Å². The monoisotopic (exact) mass is 266 g/mol. The fraction of sp³-hybridized carbons (Fsp3) is 0. The third kappa shape index (κ3) is 4.36. The lowest BCUT2D eigenvalue weighted by molar-refractivity contribution is 0.112. The largest absolute Gasteiger partial charge is 0.507 e. The molecule has 4 N–H and O–H groups in total. The predicted molar refractivity (Wildman–Crippen MR) is 68.3 cm³/mol. The molecule has 0 radical (unpaired) electrons. The first kappa shape index (κ1) is 13.9. The van der Waals surface area contributed by atoms with Gasteiger partial charge in [0.2, 0.25) is 5.28 Å². The van der Waals surface area contributed by atoms with E-state index in [2.05, 4.69) is 15.4 Å². The fourth-order valence-corrected chi connectivity index (χ4v) is 1.15. The van der Waals surface area contributed by atoms with Crippen LogP contribution in [0.3, 0.4) is 0 Å². The van der Waals surface area contributed by atoms with Gasteiger partial charge in [0.1, 0.15) is 11.6 Å². The molecule has 0 saturated heterocycles. The van der Waals surface area contributed by atoms with Crippen molar-refractivity contribution >= 4 is 23.7 Å². The Balaban J connectivity index is 0.000000180. The van der Waals surface area contributed by atoms with Gasteiger partial charge in [0.25, 0.3) is 0 Å². The number of anilines is 1. The number of hydrogen-bond acceptors (Lipinski definition) is 6. The highest BCUT2D eigenvalue weighted by molar-refractivity contribution is 6.28. The first-order valence-electron chi connectivity index (χ1n) is 4.85. The Morgan fingerprint density at radius 1 is 1.33 bits per heavy atom. The second kappa shape index (κ2) is 7.21. The number of nitrogens with two attached hydrogens (primary N) is 1. The number of rotatable bonds is 2. The summed E-state index contributed by atoms with van der Waals surface area (Å²) in [4.78, 5) is 17.4. The van der Waals surface area contributed by atoms with E-state index in [4.69, 9.17) is 22.6 Å². The Labute approximate surface area is 108 Å². The number of benzene rings is 1. The number of carbonyl (C=O) groups is 1. The molecule has 94 valence electrons. The van der Waals surface area contributed by atoms with Crippen molar-refractivity contribution in [1.82, 2.24) is 9.97 Å². The van der Waals surface area contributed by atoms with Crippen LogP contribution in [0.15, 0.2) is 36.5 Å². The molecule has 7 heteroatoms. The molecule has 0 bridgehead atoms. The van der Waals surface area contributed by atoms with Crippen molar-refractivity contribution < 1.29 is 9.90 Å². The van der Waals surface area contributed by atoms with Gasteiger partial charge in [-0.25, -0.2) is 10.8 Å². The van der Waals surface area contributed by atoms with Crippen LogP contribution in [0.1, 0.15) is 10.4 Å². The number of nitrogen functional groups attached to an aromatic ring is 1. The van der Waals surface area contributed by atoms with Gasteiger partial charge in [-0.15, -0.1) is 0 Å². The van der Waals surface area contributed by atoms with Crippen LogP contribution in [0, 0.1) is 0 Å². The van der Waals surface area contributed by atoms with Crippen molar-refractivity contribution in [3.63, 3.8) is 0 Å². The standard InChI is InChI=1S/C7H6O2.C4H5ClN4/c8-5-6-3-1-2-4-7(6)9;5-4-7-2-1-3(8-4)9-6/h1-5,9H;1-2H,6H2,(H,7,8,9). The van der Waals surface area contributed by atoms with Crippen molar-refractivity contribution in [3.05, 3.63) is 47.4 Å². The molecule has 1 aromatic carbocycles. The zero-order chi connectivity index (χ0) is 13.4. The van der Waals surface area contributed by atoms with E-state index in [-0.39, 0.29) is 11.0 Å². The number of phenolic OH excluding ortho intramolecular Hbond substituents is 1. The van der Waals surface area contributed by atoms with E-state index in [1.54, 1.807) is 24.3 Å². The average Bonchev–Trinajstić information content (AvgIpc) is 2.40. The number of aldehydes is 1. The molecule has 2 aromatic rings. The minimum absolute atomic E-state index is 0.0347. The van der Waals surface area contributed by atoms with Crippen molar-refractivity contribution in [2.24, 2.45) is 5.84 Å². The highest BCUT2D eigenvalue weighted by Crippen LogP contribution is 2.11. The van der Waals surface area contributed by atoms with E-state index in [1.807, 2.05) is 0 Å². The SMILES string of the molecule is NNc1ccnc(Cl)n1.O=Cc1ccccc1O. The highest BCUT2D eigenvalue weighted by Gasteiger charge is 1.93. The van der Waals surface area contributed by atoms with Crippen molar-refractivity contribution in [2.75, 3.05) is 5.43 Å². The lowest BCUT2D eigenvalue weighted by Crippen LogP contribution is -2.08. The number of aromatic hydroxyl groups is 1. The van der Waals surface area contributed by atoms with Crippen molar-refractivity contribution in [2.45, 2.75) is 0 Å². The lowest BCUT2D eigenvalue weighted by Gasteiger charge is -1.94. The third-order valence-electron chi connectivity index (χ3n) is 1.84. The topological polar surface area (TPSA) is 101 Å². The number of phenols is 1. The molecule has 2 rings (SSSR count).